The number of hydrazone groups is 1. The van der Waals surface area contributed by atoms with Crippen LogP contribution in [0.5, 0.6) is 5.75 Å². The summed E-state index contributed by atoms with van der Waals surface area (Å²) in [6.07, 6.45) is 0. The number of rotatable bonds is 5. The van der Waals surface area contributed by atoms with E-state index in [1.165, 1.54) is 0 Å². The maximum Gasteiger partial charge on any atom is 0.277 e. The molecule has 2 rings (SSSR count). The first-order valence-corrected chi connectivity index (χ1v) is 7.35. The van der Waals surface area contributed by atoms with E-state index in [2.05, 4.69) is 10.5 Å². The van der Waals surface area contributed by atoms with Gasteiger partial charge in [-0.15, -0.1) is 0 Å². The molecule has 0 atom stereocenters. The van der Waals surface area contributed by atoms with E-state index in [4.69, 9.17) is 10.5 Å². The molecule has 0 aliphatic heterocycles. The van der Waals surface area contributed by atoms with Crippen LogP contribution in [0.3, 0.4) is 0 Å². The summed E-state index contributed by atoms with van der Waals surface area (Å²) in [4.78, 5) is 11.8. The van der Waals surface area contributed by atoms with Gasteiger partial charge in [-0.25, -0.2) is 5.43 Å². The van der Waals surface area contributed by atoms with Crippen LogP contribution < -0.4 is 15.9 Å². The molecule has 120 valence electrons. The van der Waals surface area contributed by atoms with Crippen LogP contribution in [0.1, 0.15) is 23.6 Å². The Morgan fingerprint density at radius 1 is 1.22 bits per heavy atom. The largest absolute Gasteiger partial charge is 0.483 e. The molecular formula is C18H21N3O2. The molecule has 0 unspecified atom stereocenters. The standard InChI is InChI=1S/C18H21N3O2/c1-12-7-8-13(2)17(9-12)23-11-18(22)21-20-14(3)15-5-4-6-16(19)10-15/h4-10H,11,19H2,1-3H3,(H,21,22)/b20-14-. The summed E-state index contributed by atoms with van der Waals surface area (Å²) < 4.78 is 5.54. The van der Waals surface area contributed by atoms with Crippen molar-refractivity contribution in [3.8, 4) is 5.75 Å². The topological polar surface area (TPSA) is 76.7 Å². The van der Waals surface area contributed by atoms with Gasteiger partial charge in [-0.1, -0.05) is 24.3 Å². The zero-order chi connectivity index (χ0) is 16.8. The second-order valence-corrected chi connectivity index (χ2v) is 5.42. The maximum atomic E-state index is 11.8. The van der Waals surface area contributed by atoms with Crippen molar-refractivity contribution in [3.05, 3.63) is 59.2 Å². The number of anilines is 1. The normalized spacial score (nSPS) is 11.2. The fourth-order valence-corrected chi connectivity index (χ4v) is 2.01. The summed E-state index contributed by atoms with van der Waals surface area (Å²) in [7, 11) is 0. The number of ether oxygens (including phenoxy) is 1. The average Bonchev–Trinajstić information content (AvgIpc) is 2.53. The van der Waals surface area contributed by atoms with Crippen LogP contribution in [0.15, 0.2) is 47.6 Å². The Labute approximate surface area is 136 Å². The minimum atomic E-state index is -0.311. The Balaban J connectivity index is 1.92. The van der Waals surface area contributed by atoms with E-state index >= 15 is 0 Å². The second-order valence-electron chi connectivity index (χ2n) is 5.42. The smallest absolute Gasteiger partial charge is 0.277 e. The summed E-state index contributed by atoms with van der Waals surface area (Å²) in [5.74, 6) is 0.394. The van der Waals surface area contributed by atoms with E-state index in [0.717, 1.165) is 16.7 Å². The SMILES string of the molecule is C/C(=N/NC(=O)COc1cc(C)ccc1C)c1cccc(N)c1. The van der Waals surface area contributed by atoms with Crippen molar-refractivity contribution in [1.82, 2.24) is 5.43 Å². The molecule has 0 aliphatic rings. The molecular weight excluding hydrogens is 290 g/mol. The summed E-state index contributed by atoms with van der Waals surface area (Å²) in [6.45, 7) is 5.64. The van der Waals surface area contributed by atoms with Gasteiger partial charge in [0.15, 0.2) is 6.61 Å². The molecule has 2 aromatic carbocycles. The first kappa shape index (κ1) is 16.5. The Morgan fingerprint density at radius 3 is 2.74 bits per heavy atom. The van der Waals surface area contributed by atoms with Crippen molar-refractivity contribution in [2.45, 2.75) is 20.8 Å². The number of aryl methyl sites for hydroxylation is 2. The summed E-state index contributed by atoms with van der Waals surface area (Å²) >= 11 is 0. The lowest BCUT2D eigenvalue weighted by molar-refractivity contribution is -0.123. The lowest BCUT2D eigenvalue weighted by atomic mass is 10.1. The van der Waals surface area contributed by atoms with Crippen molar-refractivity contribution >= 4 is 17.3 Å². The number of benzene rings is 2. The van der Waals surface area contributed by atoms with Gasteiger partial charge in [-0.2, -0.15) is 5.10 Å². The van der Waals surface area contributed by atoms with Gasteiger partial charge in [-0.05, 0) is 55.7 Å². The van der Waals surface area contributed by atoms with Crippen molar-refractivity contribution in [1.29, 1.82) is 0 Å². The van der Waals surface area contributed by atoms with Crippen LogP contribution in [0.25, 0.3) is 0 Å². The van der Waals surface area contributed by atoms with Gasteiger partial charge in [0.2, 0.25) is 0 Å². The molecule has 0 fully saturated rings. The number of nitrogens with two attached hydrogens (primary N) is 1. The van der Waals surface area contributed by atoms with Crippen molar-refractivity contribution < 1.29 is 9.53 Å². The highest BCUT2D eigenvalue weighted by atomic mass is 16.5. The summed E-state index contributed by atoms with van der Waals surface area (Å²) in [5, 5.41) is 4.07. The molecule has 2 aromatic rings. The van der Waals surface area contributed by atoms with Crippen LogP contribution in [0.4, 0.5) is 5.69 Å². The molecule has 5 nitrogen and oxygen atoms in total. The lowest BCUT2D eigenvalue weighted by Gasteiger charge is -2.09. The fourth-order valence-electron chi connectivity index (χ4n) is 2.01. The van der Waals surface area contributed by atoms with E-state index in [9.17, 15) is 4.79 Å². The molecule has 3 N–H and O–H groups in total. The monoisotopic (exact) mass is 311 g/mol. The predicted octanol–water partition coefficient (Wildman–Crippen LogP) is 2.80. The van der Waals surface area contributed by atoms with Gasteiger partial charge in [-0.3, -0.25) is 4.79 Å². The number of amides is 1. The molecule has 5 heteroatoms. The molecule has 0 aromatic heterocycles. The van der Waals surface area contributed by atoms with Crippen LogP contribution >= 0.6 is 0 Å². The number of nitrogen functional groups attached to an aromatic ring is 1. The van der Waals surface area contributed by atoms with Crippen molar-refractivity contribution in [2.24, 2.45) is 5.10 Å². The van der Waals surface area contributed by atoms with Crippen LogP contribution in [-0.4, -0.2) is 18.2 Å². The molecule has 0 saturated heterocycles. The third kappa shape index (κ3) is 4.85. The third-order valence-corrected chi connectivity index (χ3v) is 3.36. The molecule has 1 amide bonds. The van der Waals surface area contributed by atoms with Crippen molar-refractivity contribution in [3.63, 3.8) is 0 Å². The Hall–Kier alpha value is -2.82. The molecule has 0 radical (unpaired) electrons. The van der Waals surface area contributed by atoms with Gasteiger partial charge >= 0.3 is 0 Å². The Kier molecular flexibility index (Phi) is 5.36. The van der Waals surface area contributed by atoms with Crippen LogP contribution in [-0.2, 0) is 4.79 Å². The highest BCUT2D eigenvalue weighted by Gasteiger charge is 2.05. The number of nitrogens with one attached hydrogen (secondary N) is 1. The zero-order valence-electron chi connectivity index (χ0n) is 13.6. The second kappa shape index (κ2) is 7.45. The molecule has 0 aliphatic carbocycles. The van der Waals surface area contributed by atoms with Gasteiger partial charge in [0.05, 0.1) is 5.71 Å². The minimum Gasteiger partial charge on any atom is -0.483 e. The summed E-state index contributed by atoms with van der Waals surface area (Å²) in [5.41, 5.74) is 12.5. The quantitative estimate of drug-likeness (QED) is 0.506. The van der Waals surface area contributed by atoms with Gasteiger partial charge in [0.25, 0.3) is 5.91 Å². The number of hydrogen-bond donors (Lipinski definition) is 2. The van der Waals surface area contributed by atoms with Gasteiger partial charge in [0, 0.05) is 5.69 Å². The third-order valence-electron chi connectivity index (χ3n) is 3.36. The summed E-state index contributed by atoms with van der Waals surface area (Å²) in [6, 6.07) is 13.2. The predicted molar refractivity (Wildman–Crippen MR) is 92.6 cm³/mol. The van der Waals surface area contributed by atoms with Crippen molar-refractivity contribution in [2.75, 3.05) is 12.3 Å². The maximum absolute atomic E-state index is 11.8. The number of nitrogens with zero attached hydrogens (tertiary/aromatic N) is 1. The molecule has 0 saturated carbocycles. The zero-order valence-corrected chi connectivity index (χ0v) is 13.6. The number of hydrogen-bond acceptors (Lipinski definition) is 4. The lowest BCUT2D eigenvalue weighted by Crippen LogP contribution is -2.25. The Morgan fingerprint density at radius 2 is 2.00 bits per heavy atom. The fraction of sp³-hybridized carbons (Fsp3) is 0.222. The first-order valence-electron chi connectivity index (χ1n) is 7.35. The van der Waals surface area contributed by atoms with Gasteiger partial charge in [0.1, 0.15) is 5.75 Å². The van der Waals surface area contributed by atoms with E-state index in [-0.39, 0.29) is 12.5 Å². The highest BCUT2D eigenvalue weighted by molar-refractivity contribution is 5.99. The molecule has 23 heavy (non-hydrogen) atoms. The first-order chi connectivity index (χ1) is 11.0. The van der Waals surface area contributed by atoms with E-state index in [1.807, 2.05) is 44.2 Å². The highest BCUT2D eigenvalue weighted by Crippen LogP contribution is 2.18. The molecule has 0 heterocycles. The Bertz CT molecular complexity index is 739. The minimum absolute atomic E-state index is 0.0853. The van der Waals surface area contributed by atoms with E-state index in [0.29, 0.717) is 17.1 Å². The number of carbonyl (C=O) groups excluding carboxylic acids is 1. The number of carbonyl (C=O) groups is 1. The van der Waals surface area contributed by atoms with E-state index in [1.54, 1.807) is 19.1 Å². The van der Waals surface area contributed by atoms with Gasteiger partial charge < -0.3 is 10.5 Å². The van der Waals surface area contributed by atoms with Crippen LogP contribution in [0, 0.1) is 13.8 Å². The van der Waals surface area contributed by atoms with E-state index < -0.39 is 0 Å². The average molecular weight is 311 g/mol. The van der Waals surface area contributed by atoms with Crippen LogP contribution in [0.2, 0.25) is 0 Å². The molecule has 0 bridgehead atoms. The molecule has 0 spiro atoms.